The van der Waals surface area contributed by atoms with Crippen molar-refractivity contribution in [1.82, 2.24) is 24.7 Å². The number of nitrogens with one attached hydrogen (secondary N) is 3. The average Bonchev–Trinajstić information content (AvgIpc) is 3.15. The lowest BCUT2D eigenvalue weighted by molar-refractivity contribution is 0.0955. The first-order valence-corrected chi connectivity index (χ1v) is 9.71. The number of anilines is 3. The first-order valence-electron chi connectivity index (χ1n) is 9.71. The van der Waals surface area contributed by atoms with Crippen LogP contribution in [0.3, 0.4) is 0 Å². The van der Waals surface area contributed by atoms with E-state index in [0.29, 0.717) is 36.1 Å². The maximum atomic E-state index is 12.4. The topological polar surface area (TPSA) is 96.2 Å². The van der Waals surface area contributed by atoms with Gasteiger partial charge in [0.2, 0.25) is 0 Å². The molecule has 1 amide bonds. The summed E-state index contributed by atoms with van der Waals surface area (Å²) >= 11 is 0. The molecule has 4 rings (SSSR count). The summed E-state index contributed by atoms with van der Waals surface area (Å²) in [6, 6.07) is 13.4. The van der Waals surface area contributed by atoms with Crippen molar-refractivity contribution in [1.29, 1.82) is 0 Å². The highest BCUT2D eigenvalue weighted by Crippen LogP contribution is 2.16. The van der Waals surface area contributed by atoms with Crippen LogP contribution in [0.1, 0.15) is 21.7 Å². The Morgan fingerprint density at radius 1 is 1.00 bits per heavy atom. The van der Waals surface area contributed by atoms with Crippen molar-refractivity contribution in [3.63, 3.8) is 0 Å². The molecule has 152 valence electrons. The molecule has 0 unspecified atom stereocenters. The number of rotatable bonds is 7. The molecule has 30 heavy (non-hydrogen) atoms. The van der Waals surface area contributed by atoms with E-state index in [1.807, 2.05) is 73.1 Å². The molecule has 0 aliphatic heterocycles. The van der Waals surface area contributed by atoms with E-state index in [2.05, 4.69) is 30.9 Å². The summed E-state index contributed by atoms with van der Waals surface area (Å²) in [6.07, 6.45) is 5.49. The van der Waals surface area contributed by atoms with Gasteiger partial charge >= 0.3 is 0 Å². The van der Waals surface area contributed by atoms with E-state index in [1.54, 1.807) is 6.20 Å². The van der Waals surface area contributed by atoms with E-state index in [1.165, 1.54) is 0 Å². The van der Waals surface area contributed by atoms with Gasteiger partial charge in [0.15, 0.2) is 0 Å². The van der Waals surface area contributed by atoms with E-state index in [4.69, 9.17) is 0 Å². The van der Waals surface area contributed by atoms with Crippen molar-refractivity contribution in [2.75, 3.05) is 23.7 Å². The molecule has 0 aromatic carbocycles. The fourth-order valence-electron chi connectivity index (χ4n) is 3.11. The number of fused-ring (bicyclic) bond motifs is 1. The molecule has 0 aliphatic carbocycles. The van der Waals surface area contributed by atoms with Crippen LogP contribution in [0.5, 0.6) is 0 Å². The van der Waals surface area contributed by atoms with Gasteiger partial charge < -0.3 is 20.4 Å². The van der Waals surface area contributed by atoms with Gasteiger partial charge in [0, 0.05) is 43.3 Å². The normalized spacial score (nSPS) is 10.7. The first kappa shape index (κ1) is 19.4. The summed E-state index contributed by atoms with van der Waals surface area (Å²) in [6.45, 7) is 4.85. The minimum Gasteiger partial charge on any atom is -0.368 e. The van der Waals surface area contributed by atoms with Crippen LogP contribution in [-0.4, -0.2) is 38.3 Å². The van der Waals surface area contributed by atoms with Crippen LogP contribution in [0.4, 0.5) is 17.5 Å². The third-order valence-electron chi connectivity index (χ3n) is 4.49. The number of hydrogen-bond donors (Lipinski definition) is 3. The van der Waals surface area contributed by atoms with Crippen LogP contribution in [-0.2, 0) is 0 Å². The van der Waals surface area contributed by atoms with Gasteiger partial charge in [-0.05, 0) is 49.7 Å². The highest BCUT2D eigenvalue weighted by atomic mass is 16.1. The molecule has 0 spiro atoms. The van der Waals surface area contributed by atoms with Gasteiger partial charge in [0.1, 0.15) is 23.3 Å². The molecule has 0 radical (unpaired) electrons. The maximum absolute atomic E-state index is 12.4. The lowest BCUT2D eigenvalue weighted by Crippen LogP contribution is -2.28. The lowest BCUT2D eigenvalue weighted by atomic mass is 10.3. The summed E-state index contributed by atoms with van der Waals surface area (Å²) in [7, 11) is 0. The van der Waals surface area contributed by atoms with Crippen LogP contribution in [0.25, 0.3) is 5.52 Å². The Hall–Kier alpha value is -3.94. The van der Waals surface area contributed by atoms with Gasteiger partial charge in [0.25, 0.3) is 5.91 Å². The Balaban J connectivity index is 1.32. The standard InChI is InChI=1S/C22H23N7O/c1-15-6-7-23-19(11-15)28-21-13-20(26-16(2)27-21)24-8-9-25-22(30)17-12-18-5-3-4-10-29(18)14-17/h3-7,10-14H,8-9H2,1-2H3,(H,25,30)(H2,23,24,26,27,28). The molecule has 0 atom stereocenters. The van der Waals surface area contributed by atoms with Crippen molar-refractivity contribution < 1.29 is 4.79 Å². The zero-order valence-electron chi connectivity index (χ0n) is 16.9. The zero-order chi connectivity index (χ0) is 20.9. The van der Waals surface area contributed by atoms with E-state index in [-0.39, 0.29) is 5.91 Å². The summed E-state index contributed by atoms with van der Waals surface area (Å²) in [5, 5.41) is 9.34. The van der Waals surface area contributed by atoms with Gasteiger partial charge in [-0.25, -0.2) is 15.0 Å². The third-order valence-corrected chi connectivity index (χ3v) is 4.49. The van der Waals surface area contributed by atoms with Crippen molar-refractivity contribution in [3.05, 3.63) is 78.0 Å². The highest BCUT2D eigenvalue weighted by Gasteiger charge is 2.08. The number of carbonyl (C=O) groups excluding carboxylic acids is 1. The Labute approximate surface area is 174 Å². The summed E-state index contributed by atoms with van der Waals surface area (Å²) < 4.78 is 1.93. The molecule has 0 saturated heterocycles. The minimum atomic E-state index is -0.104. The smallest absolute Gasteiger partial charge is 0.252 e. The number of hydrogen-bond acceptors (Lipinski definition) is 6. The second-order valence-electron chi connectivity index (χ2n) is 6.97. The fraction of sp³-hybridized carbons (Fsp3) is 0.182. The quantitative estimate of drug-likeness (QED) is 0.411. The largest absolute Gasteiger partial charge is 0.368 e. The predicted octanol–water partition coefficient (Wildman–Crippen LogP) is 3.33. The summed E-state index contributed by atoms with van der Waals surface area (Å²) in [5.74, 6) is 2.60. The van der Waals surface area contributed by atoms with Crippen molar-refractivity contribution in [2.45, 2.75) is 13.8 Å². The van der Waals surface area contributed by atoms with Crippen molar-refractivity contribution in [3.8, 4) is 0 Å². The van der Waals surface area contributed by atoms with Gasteiger partial charge in [-0.1, -0.05) is 6.07 Å². The van der Waals surface area contributed by atoms with Crippen LogP contribution < -0.4 is 16.0 Å². The molecule has 0 bridgehead atoms. The second-order valence-corrected chi connectivity index (χ2v) is 6.97. The summed E-state index contributed by atoms with van der Waals surface area (Å²) in [4.78, 5) is 25.5. The molecule has 0 aliphatic rings. The van der Waals surface area contributed by atoms with Crippen molar-refractivity contribution in [2.24, 2.45) is 0 Å². The van der Waals surface area contributed by atoms with Crippen LogP contribution in [0, 0.1) is 13.8 Å². The lowest BCUT2D eigenvalue weighted by Gasteiger charge is -2.10. The molecule has 4 heterocycles. The molecular weight excluding hydrogens is 378 g/mol. The molecule has 8 heteroatoms. The van der Waals surface area contributed by atoms with Gasteiger partial charge in [-0.15, -0.1) is 0 Å². The average molecular weight is 401 g/mol. The van der Waals surface area contributed by atoms with Crippen LogP contribution >= 0.6 is 0 Å². The number of amides is 1. The molecule has 0 saturated carbocycles. The molecule has 3 N–H and O–H groups in total. The maximum Gasteiger partial charge on any atom is 0.252 e. The van der Waals surface area contributed by atoms with Gasteiger partial charge in [-0.3, -0.25) is 4.79 Å². The summed E-state index contributed by atoms with van der Waals surface area (Å²) in [5.41, 5.74) is 2.74. The van der Waals surface area contributed by atoms with Gasteiger partial charge in [0.05, 0.1) is 5.56 Å². The Morgan fingerprint density at radius 3 is 2.70 bits per heavy atom. The number of aryl methyl sites for hydroxylation is 2. The number of carbonyl (C=O) groups is 1. The number of nitrogens with zero attached hydrogens (tertiary/aromatic N) is 4. The molecule has 4 aromatic rings. The Bertz CT molecular complexity index is 1150. The third kappa shape index (κ3) is 4.72. The van der Waals surface area contributed by atoms with Crippen LogP contribution in [0.15, 0.2) is 61.1 Å². The number of pyridine rings is 2. The van der Waals surface area contributed by atoms with Crippen molar-refractivity contribution >= 4 is 28.9 Å². The number of aromatic nitrogens is 4. The predicted molar refractivity (Wildman–Crippen MR) is 117 cm³/mol. The van der Waals surface area contributed by atoms with Gasteiger partial charge in [-0.2, -0.15) is 0 Å². The minimum absolute atomic E-state index is 0.104. The van der Waals surface area contributed by atoms with E-state index < -0.39 is 0 Å². The molecule has 8 nitrogen and oxygen atoms in total. The Kier molecular flexibility index (Phi) is 5.56. The molecular formula is C22H23N7O. The zero-order valence-corrected chi connectivity index (χ0v) is 16.9. The molecule has 4 aromatic heterocycles. The second kappa shape index (κ2) is 8.60. The SMILES string of the molecule is Cc1ccnc(Nc2cc(NCCNC(=O)c3cc4ccccn4c3)nc(C)n2)c1. The Morgan fingerprint density at radius 2 is 1.87 bits per heavy atom. The van der Waals surface area contributed by atoms with E-state index >= 15 is 0 Å². The first-order chi connectivity index (χ1) is 14.6. The van der Waals surface area contributed by atoms with E-state index in [0.717, 1.165) is 16.9 Å². The highest BCUT2D eigenvalue weighted by molar-refractivity contribution is 5.95. The molecule has 0 fully saturated rings. The monoisotopic (exact) mass is 401 g/mol. The fourth-order valence-corrected chi connectivity index (χ4v) is 3.11. The van der Waals surface area contributed by atoms with E-state index in [9.17, 15) is 4.79 Å². The van der Waals surface area contributed by atoms with Crippen LogP contribution in [0.2, 0.25) is 0 Å².